The van der Waals surface area contributed by atoms with Crippen LogP contribution in [-0.4, -0.2) is 31.7 Å². The topological polar surface area (TPSA) is 101 Å². The summed E-state index contributed by atoms with van der Waals surface area (Å²) in [5.74, 6) is 0. The Morgan fingerprint density at radius 2 is 2.00 bits per heavy atom. The number of halogens is 1. The second kappa shape index (κ2) is 6.29. The smallest absolute Gasteiger partial charge is 0.274 e. The van der Waals surface area contributed by atoms with Crippen LogP contribution in [0.4, 0.5) is 11.4 Å². The Balaban J connectivity index is 2.30. The van der Waals surface area contributed by atoms with E-state index in [1.54, 1.807) is 13.0 Å². The lowest BCUT2D eigenvalue weighted by atomic mass is 10.2. The van der Waals surface area contributed by atoms with E-state index in [0.29, 0.717) is 36.0 Å². The standard InChI is InChI=1S/C12H16BrN3O4S/c1-8-6-10(13)11(7-12(8)16(17)18)15-21(19,20)9-2-4-14-5-3-9/h6-7,9,14-15H,2-5H2,1H3. The fraction of sp³-hybridized carbons (Fsp3) is 0.500. The van der Waals surface area contributed by atoms with Crippen LogP contribution in [0.1, 0.15) is 18.4 Å². The van der Waals surface area contributed by atoms with Crippen molar-refractivity contribution < 1.29 is 13.3 Å². The van der Waals surface area contributed by atoms with Gasteiger partial charge >= 0.3 is 0 Å². The van der Waals surface area contributed by atoms with Gasteiger partial charge in [0, 0.05) is 16.1 Å². The highest BCUT2D eigenvalue weighted by Crippen LogP contribution is 2.32. The van der Waals surface area contributed by atoms with Gasteiger partial charge in [0.2, 0.25) is 10.0 Å². The molecule has 0 spiro atoms. The third-order valence-corrected chi connectivity index (χ3v) is 5.97. The van der Waals surface area contributed by atoms with Crippen LogP contribution in [-0.2, 0) is 10.0 Å². The number of aryl methyl sites for hydroxylation is 1. The first-order valence-electron chi connectivity index (χ1n) is 6.48. The number of sulfonamides is 1. The Hall–Kier alpha value is -1.19. The number of anilines is 1. The Morgan fingerprint density at radius 1 is 1.38 bits per heavy atom. The molecule has 1 aromatic rings. The summed E-state index contributed by atoms with van der Waals surface area (Å²) in [6.45, 7) is 2.91. The molecule has 1 aliphatic heterocycles. The Bertz CT molecular complexity index is 657. The fourth-order valence-electron chi connectivity index (χ4n) is 2.28. The van der Waals surface area contributed by atoms with Gasteiger partial charge < -0.3 is 5.32 Å². The molecule has 2 N–H and O–H groups in total. The van der Waals surface area contributed by atoms with Gasteiger partial charge in [-0.15, -0.1) is 0 Å². The van der Waals surface area contributed by atoms with E-state index in [4.69, 9.17) is 0 Å². The molecule has 1 aliphatic rings. The molecule has 1 aromatic carbocycles. The molecule has 0 amide bonds. The summed E-state index contributed by atoms with van der Waals surface area (Å²) in [4.78, 5) is 10.4. The number of piperidine rings is 1. The SMILES string of the molecule is Cc1cc(Br)c(NS(=O)(=O)C2CCNCC2)cc1[N+](=O)[O-]. The largest absolute Gasteiger partial charge is 0.317 e. The molecule has 0 aliphatic carbocycles. The quantitative estimate of drug-likeness (QED) is 0.618. The molecule has 1 heterocycles. The highest BCUT2D eigenvalue weighted by atomic mass is 79.9. The Labute approximate surface area is 131 Å². The number of hydrogen-bond donors (Lipinski definition) is 2. The first-order chi connectivity index (χ1) is 9.81. The van der Waals surface area contributed by atoms with Gasteiger partial charge in [0.1, 0.15) is 0 Å². The lowest BCUT2D eigenvalue weighted by molar-refractivity contribution is -0.385. The zero-order valence-corrected chi connectivity index (χ0v) is 13.8. The summed E-state index contributed by atoms with van der Waals surface area (Å²) in [5.41, 5.74) is 0.559. The second-order valence-electron chi connectivity index (χ2n) is 4.97. The monoisotopic (exact) mass is 377 g/mol. The minimum atomic E-state index is -3.56. The number of nitro benzene ring substituents is 1. The fourth-order valence-corrected chi connectivity index (χ4v) is 4.47. The van der Waals surface area contributed by atoms with E-state index in [9.17, 15) is 18.5 Å². The summed E-state index contributed by atoms with van der Waals surface area (Å²) in [6, 6.07) is 2.79. The molecule has 0 saturated carbocycles. The van der Waals surface area contributed by atoms with E-state index in [0.717, 1.165) is 0 Å². The van der Waals surface area contributed by atoms with Crippen molar-refractivity contribution in [1.82, 2.24) is 5.32 Å². The van der Waals surface area contributed by atoms with Crippen molar-refractivity contribution in [3.63, 3.8) is 0 Å². The van der Waals surface area contributed by atoms with Gasteiger partial charge in [0.25, 0.3) is 5.69 Å². The number of hydrogen-bond acceptors (Lipinski definition) is 5. The second-order valence-corrected chi connectivity index (χ2v) is 7.79. The van der Waals surface area contributed by atoms with Gasteiger partial charge in [-0.3, -0.25) is 14.8 Å². The highest BCUT2D eigenvalue weighted by Gasteiger charge is 2.28. The van der Waals surface area contributed by atoms with Crippen LogP contribution < -0.4 is 10.0 Å². The van der Waals surface area contributed by atoms with Crippen molar-refractivity contribution >= 4 is 37.3 Å². The number of nitrogens with zero attached hydrogens (tertiary/aromatic N) is 1. The highest BCUT2D eigenvalue weighted by molar-refractivity contribution is 9.10. The number of nitrogens with one attached hydrogen (secondary N) is 2. The third-order valence-electron chi connectivity index (χ3n) is 3.46. The first kappa shape index (κ1) is 16.2. The van der Waals surface area contributed by atoms with E-state index in [1.165, 1.54) is 6.07 Å². The molecule has 0 unspecified atom stereocenters. The van der Waals surface area contributed by atoms with E-state index in [-0.39, 0.29) is 11.4 Å². The normalized spacial score (nSPS) is 16.7. The van der Waals surface area contributed by atoms with Crippen LogP contribution in [0.25, 0.3) is 0 Å². The van der Waals surface area contributed by atoms with Gasteiger partial charge in [-0.2, -0.15) is 0 Å². The Kier molecular flexibility index (Phi) is 4.84. The molecule has 0 atom stereocenters. The van der Waals surface area contributed by atoms with Crippen LogP contribution in [0.5, 0.6) is 0 Å². The zero-order chi connectivity index (χ0) is 15.6. The molecule has 0 radical (unpaired) electrons. The van der Waals surface area contributed by atoms with E-state index in [2.05, 4.69) is 26.0 Å². The number of rotatable bonds is 4. The lowest BCUT2D eigenvalue weighted by Crippen LogP contribution is -2.38. The summed E-state index contributed by atoms with van der Waals surface area (Å²) < 4.78 is 27.6. The van der Waals surface area contributed by atoms with E-state index in [1.807, 2.05) is 0 Å². The van der Waals surface area contributed by atoms with Crippen molar-refractivity contribution in [2.45, 2.75) is 25.0 Å². The molecular weight excluding hydrogens is 362 g/mol. The van der Waals surface area contributed by atoms with Crippen LogP contribution >= 0.6 is 15.9 Å². The maximum Gasteiger partial charge on any atom is 0.274 e. The number of benzene rings is 1. The van der Waals surface area contributed by atoms with Crippen molar-refractivity contribution in [2.75, 3.05) is 17.8 Å². The average molecular weight is 378 g/mol. The van der Waals surface area contributed by atoms with Crippen molar-refractivity contribution in [3.05, 3.63) is 32.3 Å². The van der Waals surface area contributed by atoms with Crippen LogP contribution in [0, 0.1) is 17.0 Å². The minimum absolute atomic E-state index is 0.110. The summed E-state index contributed by atoms with van der Waals surface area (Å²) in [7, 11) is -3.56. The van der Waals surface area contributed by atoms with Crippen molar-refractivity contribution in [3.8, 4) is 0 Å². The molecule has 9 heteroatoms. The van der Waals surface area contributed by atoms with Crippen LogP contribution in [0.3, 0.4) is 0 Å². The molecular formula is C12H16BrN3O4S. The van der Waals surface area contributed by atoms with Crippen molar-refractivity contribution in [2.24, 2.45) is 0 Å². The Morgan fingerprint density at radius 3 is 2.57 bits per heavy atom. The molecule has 1 fully saturated rings. The van der Waals surface area contributed by atoms with Gasteiger partial charge in [0.15, 0.2) is 0 Å². The van der Waals surface area contributed by atoms with Crippen molar-refractivity contribution in [1.29, 1.82) is 0 Å². The lowest BCUT2D eigenvalue weighted by Gasteiger charge is -2.23. The summed E-state index contributed by atoms with van der Waals surface area (Å²) in [6.07, 6.45) is 1.06. The van der Waals surface area contributed by atoms with Gasteiger partial charge in [-0.05, 0) is 54.9 Å². The van der Waals surface area contributed by atoms with Gasteiger partial charge in [-0.25, -0.2) is 8.42 Å². The number of nitro groups is 1. The molecule has 2 rings (SSSR count). The van der Waals surface area contributed by atoms with Crippen LogP contribution in [0.15, 0.2) is 16.6 Å². The van der Waals surface area contributed by atoms with E-state index >= 15 is 0 Å². The molecule has 1 saturated heterocycles. The zero-order valence-electron chi connectivity index (χ0n) is 11.4. The molecule has 21 heavy (non-hydrogen) atoms. The van der Waals surface area contributed by atoms with Gasteiger partial charge in [0.05, 0.1) is 15.9 Å². The predicted molar refractivity (Wildman–Crippen MR) is 84.0 cm³/mol. The summed E-state index contributed by atoms with van der Waals surface area (Å²) in [5, 5.41) is 13.6. The first-order valence-corrected chi connectivity index (χ1v) is 8.82. The molecule has 0 bridgehead atoms. The van der Waals surface area contributed by atoms with Crippen LogP contribution in [0.2, 0.25) is 0 Å². The van der Waals surface area contributed by atoms with E-state index < -0.39 is 20.2 Å². The maximum atomic E-state index is 12.3. The summed E-state index contributed by atoms with van der Waals surface area (Å²) >= 11 is 3.25. The average Bonchev–Trinajstić information content (AvgIpc) is 2.42. The molecule has 0 aromatic heterocycles. The predicted octanol–water partition coefficient (Wildman–Crippen LogP) is 2.16. The maximum absolute atomic E-state index is 12.3. The third kappa shape index (κ3) is 3.72. The molecule has 116 valence electrons. The molecule has 7 nitrogen and oxygen atoms in total. The van der Waals surface area contributed by atoms with Gasteiger partial charge in [-0.1, -0.05) is 0 Å². The minimum Gasteiger partial charge on any atom is -0.317 e.